The van der Waals surface area contributed by atoms with Crippen LogP contribution in [0.4, 0.5) is 4.39 Å². The fraction of sp³-hybridized carbons (Fsp3) is 0.231. The lowest BCUT2D eigenvalue weighted by Gasteiger charge is -2.24. The predicted molar refractivity (Wildman–Crippen MR) is 81.8 cm³/mol. The van der Waals surface area contributed by atoms with Gasteiger partial charge in [-0.2, -0.15) is 4.31 Å². The number of hydrogen-bond acceptors (Lipinski definition) is 3. The quantitative estimate of drug-likeness (QED) is 0.806. The Morgan fingerprint density at radius 3 is 2.35 bits per heavy atom. The van der Waals surface area contributed by atoms with Crippen LogP contribution < -0.4 is 0 Å². The summed E-state index contributed by atoms with van der Waals surface area (Å²) in [6.07, 6.45) is 0. The van der Waals surface area contributed by atoms with Gasteiger partial charge >= 0.3 is 0 Å². The molecule has 108 valence electrons. The molecule has 2 rings (SSSR count). The lowest BCUT2D eigenvalue weighted by Crippen LogP contribution is -2.29. The van der Waals surface area contributed by atoms with Crippen LogP contribution in [0.2, 0.25) is 0 Å². The molecule has 0 radical (unpaired) electrons. The largest absolute Gasteiger partial charge is 0.253 e. The first-order chi connectivity index (χ1) is 9.34. The third-order valence-corrected chi connectivity index (χ3v) is 7.67. The second-order valence-corrected chi connectivity index (χ2v) is 8.27. The predicted octanol–water partition coefficient (Wildman–Crippen LogP) is 4.03. The summed E-state index contributed by atoms with van der Waals surface area (Å²) in [5, 5.41) is 1.72. The van der Waals surface area contributed by atoms with Gasteiger partial charge < -0.3 is 0 Å². The van der Waals surface area contributed by atoms with E-state index in [1.54, 1.807) is 30.5 Å². The molecular weight excluding hydrogens is 365 g/mol. The summed E-state index contributed by atoms with van der Waals surface area (Å²) >= 11 is 4.40. The SMILES string of the molecule is CC(c1ccc(F)cc1)N(C)S(=O)(=O)c1sccc1Br. The molecule has 3 nitrogen and oxygen atoms in total. The Bertz CT molecular complexity index is 697. The minimum absolute atomic E-state index is 0.272. The van der Waals surface area contributed by atoms with Crippen LogP contribution in [0.25, 0.3) is 0 Å². The van der Waals surface area contributed by atoms with Crippen LogP contribution in [0.1, 0.15) is 18.5 Å². The molecule has 2 aromatic rings. The monoisotopic (exact) mass is 377 g/mol. The van der Waals surface area contributed by atoms with Crippen LogP contribution in [-0.2, 0) is 10.0 Å². The molecule has 0 amide bonds. The van der Waals surface area contributed by atoms with E-state index in [2.05, 4.69) is 15.9 Å². The topological polar surface area (TPSA) is 37.4 Å². The average Bonchev–Trinajstić information content (AvgIpc) is 2.85. The first-order valence-electron chi connectivity index (χ1n) is 5.80. The molecule has 0 bridgehead atoms. The van der Waals surface area contributed by atoms with Gasteiger partial charge in [0.05, 0.1) is 0 Å². The Balaban J connectivity index is 2.33. The van der Waals surface area contributed by atoms with Crippen molar-refractivity contribution in [2.24, 2.45) is 0 Å². The number of hydrogen-bond donors (Lipinski definition) is 0. The Kier molecular flexibility index (Phi) is 4.63. The molecule has 1 heterocycles. The molecule has 0 saturated heterocycles. The first-order valence-corrected chi connectivity index (χ1v) is 8.92. The maximum Gasteiger partial charge on any atom is 0.253 e. The second-order valence-electron chi connectivity index (χ2n) is 4.30. The highest BCUT2D eigenvalue weighted by Crippen LogP contribution is 2.33. The smallest absolute Gasteiger partial charge is 0.207 e. The lowest BCUT2D eigenvalue weighted by atomic mass is 10.1. The molecular formula is C13H13BrFNO2S2. The van der Waals surface area contributed by atoms with Gasteiger partial charge in [-0.15, -0.1) is 11.3 Å². The molecule has 20 heavy (non-hydrogen) atoms. The van der Waals surface area contributed by atoms with Gasteiger partial charge in [-0.05, 0) is 52.0 Å². The summed E-state index contributed by atoms with van der Waals surface area (Å²) in [6.45, 7) is 1.77. The Hall–Kier alpha value is -0.760. The zero-order valence-electron chi connectivity index (χ0n) is 10.9. The van der Waals surface area contributed by atoms with Crippen LogP contribution in [-0.4, -0.2) is 19.8 Å². The van der Waals surface area contributed by atoms with Gasteiger partial charge in [-0.25, -0.2) is 12.8 Å². The highest BCUT2D eigenvalue weighted by atomic mass is 79.9. The highest BCUT2D eigenvalue weighted by Gasteiger charge is 2.29. The molecule has 0 fully saturated rings. The van der Waals surface area contributed by atoms with E-state index in [-0.39, 0.29) is 16.1 Å². The molecule has 0 spiro atoms. The van der Waals surface area contributed by atoms with E-state index in [4.69, 9.17) is 0 Å². The van der Waals surface area contributed by atoms with Crippen LogP contribution in [0, 0.1) is 5.82 Å². The molecule has 1 aromatic heterocycles. The van der Waals surface area contributed by atoms with Crippen molar-refractivity contribution in [2.75, 3.05) is 7.05 Å². The summed E-state index contributed by atoms with van der Waals surface area (Å²) in [5.41, 5.74) is 0.741. The summed E-state index contributed by atoms with van der Waals surface area (Å²) in [7, 11) is -2.05. The van der Waals surface area contributed by atoms with Gasteiger partial charge in [0.25, 0.3) is 10.0 Å². The Morgan fingerprint density at radius 1 is 1.25 bits per heavy atom. The van der Waals surface area contributed by atoms with Crippen molar-refractivity contribution in [1.82, 2.24) is 4.31 Å². The molecule has 0 N–H and O–H groups in total. The number of thiophene rings is 1. The summed E-state index contributed by atoms with van der Waals surface area (Å²) in [4.78, 5) is 0. The van der Waals surface area contributed by atoms with Gasteiger partial charge in [-0.1, -0.05) is 12.1 Å². The van der Waals surface area contributed by atoms with Crippen molar-refractivity contribution >= 4 is 37.3 Å². The van der Waals surface area contributed by atoms with E-state index in [9.17, 15) is 12.8 Å². The first kappa shape index (κ1) is 15.6. The molecule has 0 aliphatic heterocycles. The van der Waals surface area contributed by atoms with Gasteiger partial charge in [-0.3, -0.25) is 0 Å². The van der Waals surface area contributed by atoms with E-state index < -0.39 is 10.0 Å². The van der Waals surface area contributed by atoms with Crippen molar-refractivity contribution in [2.45, 2.75) is 17.2 Å². The normalized spacial score (nSPS) is 13.7. The summed E-state index contributed by atoms with van der Waals surface area (Å²) in [6, 6.07) is 7.16. The molecule has 0 saturated carbocycles. The third-order valence-electron chi connectivity index (χ3n) is 3.10. The van der Waals surface area contributed by atoms with E-state index in [1.165, 1.54) is 23.5 Å². The summed E-state index contributed by atoms with van der Waals surface area (Å²) in [5.74, 6) is -0.340. The molecule has 7 heteroatoms. The minimum atomic E-state index is -3.57. The van der Waals surface area contributed by atoms with Gasteiger partial charge in [0.15, 0.2) is 0 Å². The van der Waals surface area contributed by atoms with Gasteiger partial charge in [0.2, 0.25) is 0 Å². The van der Waals surface area contributed by atoms with Crippen molar-refractivity contribution in [3.05, 3.63) is 51.6 Å². The van der Waals surface area contributed by atoms with E-state index in [1.807, 2.05) is 0 Å². The highest BCUT2D eigenvalue weighted by molar-refractivity contribution is 9.10. The van der Waals surface area contributed by atoms with Crippen molar-refractivity contribution in [1.29, 1.82) is 0 Å². The number of nitrogens with zero attached hydrogens (tertiary/aromatic N) is 1. The average molecular weight is 378 g/mol. The number of benzene rings is 1. The van der Waals surface area contributed by atoms with E-state index in [0.29, 0.717) is 4.47 Å². The van der Waals surface area contributed by atoms with Crippen LogP contribution >= 0.6 is 27.3 Å². The maximum absolute atomic E-state index is 12.9. The van der Waals surface area contributed by atoms with Crippen LogP contribution in [0.15, 0.2) is 44.4 Å². The number of sulfonamides is 1. The van der Waals surface area contributed by atoms with Crippen molar-refractivity contribution in [3.63, 3.8) is 0 Å². The van der Waals surface area contributed by atoms with Crippen molar-refractivity contribution in [3.8, 4) is 0 Å². The molecule has 0 aliphatic rings. The van der Waals surface area contributed by atoms with E-state index in [0.717, 1.165) is 16.9 Å². The molecule has 0 aliphatic carbocycles. The maximum atomic E-state index is 12.9. The zero-order chi connectivity index (χ0) is 14.9. The van der Waals surface area contributed by atoms with Crippen LogP contribution in [0.5, 0.6) is 0 Å². The zero-order valence-corrected chi connectivity index (χ0v) is 14.1. The lowest BCUT2D eigenvalue weighted by molar-refractivity contribution is 0.399. The standard InChI is InChI=1S/C13H13BrFNO2S2/c1-9(10-3-5-11(15)6-4-10)16(2)20(17,18)13-12(14)7-8-19-13/h3-9H,1-2H3. The fourth-order valence-electron chi connectivity index (χ4n) is 1.75. The number of halogens is 2. The molecule has 1 aromatic carbocycles. The fourth-order valence-corrected chi connectivity index (χ4v) is 5.58. The minimum Gasteiger partial charge on any atom is -0.207 e. The number of rotatable bonds is 4. The van der Waals surface area contributed by atoms with Crippen molar-refractivity contribution < 1.29 is 12.8 Å². The molecule has 1 atom stereocenters. The molecule has 1 unspecified atom stereocenters. The van der Waals surface area contributed by atoms with Crippen LogP contribution in [0.3, 0.4) is 0 Å². The second kappa shape index (κ2) is 5.93. The van der Waals surface area contributed by atoms with Gasteiger partial charge in [0.1, 0.15) is 10.0 Å². The van der Waals surface area contributed by atoms with Gasteiger partial charge in [0, 0.05) is 17.6 Å². The third kappa shape index (κ3) is 2.95. The Morgan fingerprint density at radius 2 is 1.85 bits per heavy atom. The Labute approximate surface area is 130 Å². The van der Waals surface area contributed by atoms with E-state index >= 15 is 0 Å². The summed E-state index contributed by atoms with van der Waals surface area (Å²) < 4.78 is 40.1.